The van der Waals surface area contributed by atoms with Gasteiger partial charge in [-0.3, -0.25) is 0 Å². The predicted molar refractivity (Wildman–Crippen MR) is 64.7 cm³/mol. The number of rotatable bonds is 5. The molecule has 0 N–H and O–H groups in total. The second-order valence-corrected chi connectivity index (χ2v) is 4.58. The molecule has 1 atom stereocenters. The Morgan fingerprint density at radius 2 is 2.07 bits per heavy atom. The molecule has 0 fully saturated rings. The van der Waals surface area contributed by atoms with Crippen LogP contribution in [-0.2, 0) is 4.52 Å². The molecular formula is C12H19OP. The Kier molecular flexibility index (Phi) is 5.14. The first-order chi connectivity index (χ1) is 6.75. The molecular weight excluding hydrogens is 191 g/mol. The highest BCUT2D eigenvalue weighted by atomic mass is 31.1. The third-order valence-electron chi connectivity index (χ3n) is 2.39. The van der Waals surface area contributed by atoms with E-state index in [-0.39, 0.29) is 0 Å². The van der Waals surface area contributed by atoms with Crippen LogP contribution >= 0.6 is 8.81 Å². The van der Waals surface area contributed by atoms with Gasteiger partial charge in [0.05, 0.1) is 6.61 Å². The van der Waals surface area contributed by atoms with Gasteiger partial charge in [0.15, 0.2) is 0 Å². The Morgan fingerprint density at radius 1 is 1.29 bits per heavy atom. The molecule has 0 amide bonds. The number of unbranched alkanes of at least 4 members (excludes halogenated alkanes) is 1. The zero-order chi connectivity index (χ0) is 10.4. The molecule has 0 heterocycles. The van der Waals surface area contributed by atoms with Crippen molar-refractivity contribution in [2.75, 3.05) is 6.61 Å². The monoisotopic (exact) mass is 210 g/mol. The molecule has 0 bridgehead atoms. The summed E-state index contributed by atoms with van der Waals surface area (Å²) < 4.78 is 5.62. The van der Waals surface area contributed by atoms with Crippen LogP contribution < -0.4 is 5.30 Å². The van der Waals surface area contributed by atoms with Crippen molar-refractivity contribution in [3.8, 4) is 0 Å². The first-order valence-corrected chi connectivity index (χ1v) is 6.10. The highest BCUT2D eigenvalue weighted by Gasteiger charge is 2.00. The van der Waals surface area contributed by atoms with Crippen LogP contribution in [0.15, 0.2) is 18.2 Å². The zero-order valence-corrected chi connectivity index (χ0v) is 10.3. The summed E-state index contributed by atoms with van der Waals surface area (Å²) in [5.41, 5.74) is 2.73. The third-order valence-corrected chi connectivity index (χ3v) is 3.50. The van der Waals surface area contributed by atoms with Gasteiger partial charge in [-0.05, 0) is 31.4 Å². The van der Waals surface area contributed by atoms with Gasteiger partial charge in [-0.25, -0.2) is 0 Å². The van der Waals surface area contributed by atoms with Crippen LogP contribution in [0, 0.1) is 13.8 Å². The first-order valence-electron chi connectivity index (χ1n) is 5.19. The van der Waals surface area contributed by atoms with Crippen molar-refractivity contribution in [1.29, 1.82) is 0 Å². The Hall–Kier alpha value is -0.390. The molecule has 1 nitrogen and oxygen atoms in total. The summed E-state index contributed by atoms with van der Waals surface area (Å²) in [5.74, 6) is 0. The van der Waals surface area contributed by atoms with Gasteiger partial charge < -0.3 is 4.52 Å². The van der Waals surface area contributed by atoms with Gasteiger partial charge in [0.25, 0.3) is 0 Å². The van der Waals surface area contributed by atoms with Crippen molar-refractivity contribution in [3.05, 3.63) is 29.3 Å². The Morgan fingerprint density at radius 3 is 2.79 bits per heavy atom. The fourth-order valence-corrected chi connectivity index (χ4v) is 2.12. The van der Waals surface area contributed by atoms with E-state index >= 15 is 0 Å². The highest BCUT2D eigenvalue weighted by molar-refractivity contribution is 7.42. The molecule has 0 saturated carbocycles. The Balaban J connectivity index is 2.46. The first kappa shape index (κ1) is 11.7. The fraction of sp³-hybridized carbons (Fsp3) is 0.500. The molecule has 0 aliphatic rings. The minimum atomic E-state index is 0.510. The number of hydrogen-bond acceptors (Lipinski definition) is 1. The van der Waals surface area contributed by atoms with Crippen LogP contribution in [0.5, 0.6) is 0 Å². The van der Waals surface area contributed by atoms with Crippen molar-refractivity contribution in [2.24, 2.45) is 0 Å². The van der Waals surface area contributed by atoms with Crippen molar-refractivity contribution in [1.82, 2.24) is 0 Å². The van der Waals surface area contributed by atoms with E-state index in [4.69, 9.17) is 4.52 Å². The van der Waals surface area contributed by atoms with Crippen molar-refractivity contribution in [2.45, 2.75) is 33.6 Å². The lowest BCUT2D eigenvalue weighted by Crippen LogP contribution is -2.03. The molecule has 0 radical (unpaired) electrons. The molecule has 78 valence electrons. The van der Waals surface area contributed by atoms with Gasteiger partial charge in [-0.1, -0.05) is 31.5 Å². The van der Waals surface area contributed by atoms with Crippen LogP contribution in [0.4, 0.5) is 0 Å². The number of aryl methyl sites for hydroxylation is 1. The maximum absolute atomic E-state index is 5.62. The van der Waals surface area contributed by atoms with Crippen molar-refractivity contribution >= 4 is 14.1 Å². The maximum atomic E-state index is 5.62. The van der Waals surface area contributed by atoms with Gasteiger partial charge in [0, 0.05) is 14.1 Å². The van der Waals surface area contributed by atoms with Crippen LogP contribution in [0.2, 0.25) is 0 Å². The summed E-state index contributed by atoms with van der Waals surface area (Å²) in [5, 5.41) is 1.35. The fourth-order valence-electron chi connectivity index (χ4n) is 1.21. The molecule has 1 aromatic rings. The summed E-state index contributed by atoms with van der Waals surface area (Å²) in [6.07, 6.45) is 2.37. The van der Waals surface area contributed by atoms with Gasteiger partial charge in [0.1, 0.15) is 0 Å². The minimum absolute atomic E-state index is 0.510. The topological polar surface area (TPSA) is 9.23 Å². The molecule has 1 rings (SSSR count). The lowest BCUT2D eigenvalue weighted by molar-refractivity contribution is 0.356. The summed E-state index contributed by atoms with van der Waals surface area (Å²) >= 11 is 0. The molecule has 0 aromatic heterocycles. The van der Waals surface area contributed by atoms with E-state index in [1.54, 1.807) is 0 Å². The van der Waals surface area contributed by atoms with Crippen LogP contribution in [-0.4, -0.2) is 6.61 Å². The van der Waals surface area contributed by atoms with Gasteiger partial charge in [-0.2, -0.15) is 0 Å². The highest BCUT2D eigenvalue weighted by Crippen LogP contribution is 2.17. The van der Waals surface area contributed by atoms with Crippen LogP contribution in [0.3, 0.4) is 0 Å². The SMILES string of the molecule is CCCCOPc1cccc(C)c1C. The van der Waals surface area contributed by atoms with Gasteiger partial charge in [0.2, 0.25) is 0 Å². The predicted octanol–water partition coefficient (Wildman–Crippen LogP) is 3.34. The molecule has 1 unspecified atom stereocenters. The molecule has 0 saturated heterocycles. The van der Waals surface area contributed by atoms with E-state index in [0.717, 1.165) is 13.0 Å². The maximum Gasteiger partial charge on any atom is 0.0509 e. The number of hydrogen-bond donors (Lipinski definition) is 0. The van der Waals surface area contributed by atoms with Crippen LogP contribution in [0.1, 0.15) is 30.9 Å². The quantitative estimate of drug-likeness (QED) is 0.535. The van der Waals surface area contributed by atoms with Gasteiger partial charge in [-0.15, -0.1) is 0 Å². The molecule has 14 heavy (non-hydrogen) atoms. The van der Waals surface area contributed by atoms with Crippen molar-refractivity contribution in [3.63, 3.8) is 0 Å². The van der Waals surface area contributed by atoms with E-state index in [1.165, 1.54) is 22.9 Å². The largest absolute Gasteiger partial charge is 0.358 e. The van der Waals surface area contributed by atoms with E-state index in [2.05, 4.69) is 39.0 Å². The lowest BCUT2D eigenvalue weighted by atomic mass is 10.1. The lowest BCUT2D eigenvalue weighted by Gasteiger charge is -2.08. The Bertz CT molecular complexity index is 284. The molecule has 1 aromatic carbocycles. The average molecular weight is 210 g/mol. The summed E-state index contributed by atoms with van der Waals surface area (Å²) in [6, 6.07) is 6.41. The molecule has 0 aliphatic carbocycles. The standard InChI is InChI=1S/C12H19OP/c1-4-5-9-13-14-12-8-6-7-10(2)11(12)3/h6-8,14H,4-5,9H2,1-3H3. The zero-order valence-electron chi connectivity index (χ0n) is 9.26. The summed E-state index contributed by atoms with van der Waals surface area (Å²) in [7, 11) is 0.510. The van der Waals surface area contributed by atoms with Gasteiger partial charge >= 0.3 is 0 Å². The second-order valence-electron chi connectivity index (χ2n) is 3.55. The van der Waals surface area contributed by atoms with Crippen molar-refractivity contribution < 1.29 is 4.52 Å². The normalized spacial score (nSPS) is 11.4. The smallest absolute Gasteiger partial charge is 0.0509 e. The van der Waals surface area contributed by atoms with Crippen LogP contribution in [0.25, 0.3) is 0 Å². The van der Waals surface area contributed by atoms with E-state index < -0.39 is 0 Å². The molecule has 2 heteroatoms. The van der Waals surface area contributed by atoms with E-state index in [9.17, 15) is 0 Å². The van der Waals surface area contributed by atoms with E-state index in [1.807, 2.05) is 0 Å². The third kappa shape index (κ3) is 3.40. The Labute approximate surface area is 88.7 Å². The molecule has 0 spiro atoms. The second kappa shape index (κ2) is 6.16. The molecule has 0 aliphatic heterocycles. The van der Waals surface area contributed by atoms with E-state index in [0.29, 0.717) is 8.81 Å². The number of benzene rings is 1. The minimum Gasteiger partial charge on any atom is -0.358 e. The summed E-state index contributed by atoms with van der Waals surface area (Å²) in [4.78, 5) is 0. The summed E-state index contributed by atoms with van der Waals surface area (Å²) in [6.45, 7) is 7.39. The average Bonchev–Trinajstić information content (AvgIpc) is 2.19.